The second-order valence-electron chi connectivity index (χ2n) is 8.04. The molecule has 0 aliphatic carbocycles. The van der Waals surface area contributed by atoms with E-state index in [0.717, 1.165) is 34.1 Å². The Bertz CT molecular complexity index is 759. The van der Waals surface area contributed by atoms with Crippen LogP contribution in [0.15, 0.2) is 31.7 Å². The molecule has 2 rings (SSSR count). The van der Waals surface area contributed by atoms with Crippen molar-refractivity contribution >= 4 is 23.5 Å². The van der Waals surface area contributed by atoms with Crippen molar-refractivity contribution in [3.05, 3.63) is 21.9 Å². The first kappa shape index (κ1) is 26.5. The highest BCUT2D eigenvalue weighted by molar-refractivity contribution is 8.24. The molecule has 0 spiro atoms. The van der Waals surface area contributed by atoms with Crippen LogP contribution < -0.4 is 9.47 Å². The smallest absolute Gasteiger partial charge is 0.150 e. The Hall–Kier alpha value is -1.76. The van der Waals surface area contributed by atoms with Gasteiger partial charge in [-0.25, -0.2) is 0 Å². The molecule has 0 saturated heterocycles. The van der Waals surface area contributed by atoms with E-state index >= 15 is 0 Å². The van der Waals surface area contributed by atoms with E-state index in [2.05, 4.69) is 13.8 Å². The number of allylic oxidation sites excluding steroid dienone is 1. The van der Waals surface area contributed by atoms with Crippen LogP contribution >= 0.6 is 23.5 Å². The van der Waals surface area contributed by atoms with E-state index in [0.29, 0.717) is 17.5 Å². The maximum Gasteiger partial charge on any atom is 0.150 e. The van der Waals surface area contributed by atoms with Crippen LogP contribution in [-0.4, -0.2) is 13.2 Å². The zero-order valence-electron chi connectivity index (χ0n) is 19.6. The second kappa shape index (κ2) is 15.9. The quantitative estimate of drug-likeness (QED) is 0.177. The molecule has 0 unspecified atom stereocenters. The lowest BCUT2D eigenvalue weighted by Crippen LogP contribution is -2.01. The van der Waals surface area contributed by atoms with Crippen molar-refractivity contribution in [3.63, 3.8) is 0 Å². The Morgan fingerprint density at radius 1 is 0.688 bits per heavy atom. The Morgan fingerprint density at radius 3 is 1.50 bits per heavy atom. The van der Waals surface area contributed by atoms with Crippen molar-refractivity contribution in [2.45, 2.75) is 101 Å². The highest BCUT2D eigenvalue weighted by atomic mass is 32.2. The summed E-state index contributed by atoms with van der Waals surface area (Å²) in [7, 11) is 0. The highest BCUT2D eigenvalue weighted by Crippen LogP contribution is 2.58. The number of hydrogen-bond donors (Lipinski definition) is 0. The molecule has 0 bridgehead atoms. The number of nitrogens with zero attached hydrogens (tertiary/aromatic N) is 2. The predicted molar refractivity (Wildman–Crippen MR) is 134 cm³/mol. The van der Waals surface area contributed by atoms with Crippen LogP contribution in [0, 0.1) is 22.7 Å². The molecule has 174 valence electrons. The van der Waals surface area contributed by atoms with E-state index < -0.39 is 0 Å². The molecule has 1 aliphatic heterocycles. The maximum atomic E-state index is 9.31. The number of thioether (sulfide) groups is 2. The average molecular weight is 473 g/mol. The minimum atomic E-state index is 0.153. The minimum absolute atomic E-state index is 0.153. The molecule has 1 aromatic rings. The van der Waals surface area contributed by atoms with Gasteiger partial charge in [0.2, 0.25) is 0 Å². The van der Waals surface area contributed by atoms with Gasteiger partial charge in [0.05, 0.1) is 27.2 Å². The fourth-order valence-electron chi connectivity index (χ4n) is 3.50. The van der Waals surface area contributed by atoms with Crippen molar-refractivity contribution in [1.29, 1.82) is 10.5 Å². The summed E-state index contributed by atoms with van der Waals surface area (Å²) in [6.45, 7) is 5.83. The summed E-state index contributed by atoms with van der Waals surface area (Å²) in [6, 6.07) is 7.98. The summed E-state index contributed by atoms with van der Waals surface area (Å²) in [5, 5.41) is 18.6. The van der Waals surface area contributed by atoms with Gasteiger partial charge >= 0.3 is 0 Å². The van der Waals surface area contributed by atoms with E-state index in [4.69, 9.17) is 9.47 Å². The van der Waals surface area contributed by atoms with E-state index in [1.165, 1.54) is 87.7 Å². The van der Waals surface area contributed by atoms with Crippen LogP contribution in [-0.2, 0) is 0 Å². The first-order chi connectivity index (χ1) is 15.7. The van der Waals surface area contributed by atoms with Crippen LogP contribution in [0.5, 0.6) is 11.5 Å². The lowest BCUT2D eigenvalue weighted by molar-refractivity contribution is 0.284. The van der Waals surface area contributed by atoms with Gasteiger partial charge in [-0.05, 0) is 25.0 Å². The predicted octanol–water partition coefficient (Wildman–Crippen LogP) is 8.62. The van der Waals surface area contributed by atoms with Gasteiger partial charge in [-0.1, -0.05) is 102 Å². The van der Waals surface area contributed by atoms with Crippen molar-refractivity contribution < 1.29 is 9.47 Å². The van der Waals surface area contributed by atoms with E-state index in [9.17, 15) is 10.5 Å². The fourth-order valence-corrected chi connectivity index (χ4v) is 6.02. The van der Waals surface area contributed by atoms with Gasteiger partial charge in [-0.15, -0.1) is 0 Å². The molecule has 0 atom stereocenters. The van der Waals surface area contributed by atoms with Crippen molar-refractivity contribution in [2.24, 2.45) is 0 Å². The Labute approximate surface area is 202 Å². The molecule has 0 amide bonds. The third-order valence-corrected chi connectivity index (χ3v) is 8.00. The summed E-state index contributed by atoms with van der Waals surface area (Å²) in [4.78, 5) is 1.94. The van der Waals surface area contributed by atoms with Crippen molar-refractivity contribution in [3.8, 4) is 23.6 Å². The molecule has 1 heterocycles. The molecular formula is C26H36N2O2S2. The van der Waals surface area contributed by atoms with Crippen molar-refractivity contribution in [2.75, 3.05) is 13.2 Å². The number of ether oxygens (including phenoxy) is 2. The first-order valence-electron chi connectivity index (χ1n) is 12.1. The zero-order valence-corrected chi connectivity index (χ0v) is 21.2. The normalized spacial score (nSPS) is 12.2. The zero-order chi connectivity index (χ0) is 23.0. The lowest BCUT2D eigenvalue weighted by atomic mass is 10.1. The minimum Gasteiger partial charge on any atom is -0.492 e. The molecule has 1 aromatic carbocycles. The van der Waals surface area contributed by atoms with Gasteiger partial charge in [-0.2, -0.15) is 10.5 Å². The Morgan fingerprint density at radius 2 is 1.09 bits per heavy atom. The number of rotatable bonds is 16. The number of unbranched alkanes of at least 4 members (excludes halogenated alkanes) is 10. The second-order valence-corrected chi connectivity index (χ2v) is 10.3. The Balaban J connectivity index is 1.98. The monoisotopic (exact) mass is 472 g/mol. The third-order valence-electron chi connectivity index (χ3n) is 5.37. The molecule has 1 aliphatic rings. The summed E-state index contributed by atoms with van der Waals surface area (Å²) >= 11 is 2.91. The summed E-state index contributed by atoms with van der Waals surface area (Å²) < 4.78 is 12.9. The molecule has 0 N–H and O–H groups in total. The lowest BCUT2D eigenvalue weighted by Gasteiger charge is -2.13. The van der Waals surface area contributed by atoms with Crippen LogP contribution in [0.3, 0.4) is 0 Å². The average Bonchev–Trinajstić information content (AvgIpc) is 3.25. The fraction of sp³-hybridized carbons (Fsp3) is 0.615. The number of nitriles is 2. The summed E-state index contributed by atoms with van der Waals surface area (Å²) in [5.74, 6) is 1.64. The van der Waals surface area contributed by atoms with Crippen LogP contribution in [0.4, 0.5) is 0 Å². The molecular weight excluding hydrogens is 436 g/mol. The van der Waals surface area contributed by atoms with Gasteiger partial charge in [0.25, 0.3) is 0 Å². The largest absolute Gasteiger partial charge is 0.492 e. The molecule has 4 nitrogen and oxygen atoms in total. The van der Waals surface area contributed by atoms with Crippen LogP contribution in [0.25, 0.3) is 0 Å². The van der Waals surface area contributed by atoms with Crippen molar-refractivity contribution in [1.82, 2.24) is 0 Å². The highest BCUT2D eigenvalue weighted by Gasteiger charge is 2.28. The molecule has 0 aromatic heterocycles. The first-order valence-corrected chi connectivity index (χ1v) is 13.7. The Kier molecular flexibility index (Phi) is 13.2. The number of benzene rings is 1. The molecule has 0 radical (unpaired) electrons. The molecule has 0 saturated carbocycles. The SMILES string of the molecule is CCCCCCCCOc1ccc(OCCCCCCCC)c2c1SC(=C(C#N)C#N)S2. The molecule has 6 heteroatoms. The topological polar surface area (TPSA) is 66.0 Å². The van der Waals surface area contributed by atoms with Crippen LogP contribution in [0.1, 0.15) is 90.9 Å². The standard InChI is InChI=1S/C26H36N2O2S2/c1-3-5-7-9-11-13-17-29-22-15-16-23(30-18-14-12-10-8-6-4-2)25-24(22)31-26(32-25)21(19-27)20-28/h15-16H,3-14,17-18H2,1-2H3. The van der Waals surface area contributed by atoms with Gasteiger partial charge in [0, 0.05) is 0 Å². The van der Waals surface area contributed by atoms with E-state index in [1.54, 1.807) is 0 Å². The molecule has 0 fully saturated rings. The summed E-state index contributed by atoms with van der Waals surface area (Å²) in [5.41, 5.74) is 0.153. The molecule has 32 heavy (non-hydrogen) atoms. The van der Waals surface area contributed by atoms with Gasteiger partial charge in [0.1, 0.15) is 29.2 Å². The van der Waals surface area contributed by atoms with Crippen LogP contribution in [0.2, 0.25) is 0 Å². The third kappa shape index (κ3) is 8.64. The number of fused-ring (bicyclic) bond motifs is 1. The summed E-state index contributed by atoms with van der Waals surface area (Å²) in [6.07, 6.45) is 14.7. The van der Waals surface area contributed by atoms with Gasteiger partial charge in [0.15, 0.2) is 0 Å². The van der Waals surface area contributed by atoms with E-state index in [-0.39, 0.29) is 5.57 Å². The van der Waals surface area contributed by atoms with E-state index in [1.807, 2.05) is 24.3 Å². The maximum absolute atomic E-state index is 9.31. The van der Waals surface area contributed by atoms with Gasteiger partial charge in [-0.3, -0.25) is 0 Å². The number of hydrogen-bond acceptors (Lipinski definition) is 6. The van der Waals surface area contributed by atoms with Gasteiger partial charge < -0.3 is 9.47 Å².